The highest BCUT2D eigenvalue weighted by molar-refractivity contribution is 9.09. The van der Waals surface area contributed by atoms with Gasteiger partial charge in [0, 0.05) is 5.41 Å². The lowest BCUT2D eigenvalue weighted by atomic mass is 9.92. The Balaban J connectivity index is 0. The Morgan fingerprint density at radius 1 is 1.30 bits per heavy atom. The Morgan fingerprint density at radius 2 is 1.60 bits per heavy atom. The van der Waals surface area contributed by atoms with Crippen molar-refractivity contribution >= 4 is 21.7 Å². The lowest BCUT2D eigenvalue weighted by Gasteiger charge is -2.13. The first kappa shape index (κ1) is 12.8. The van der Waals surface area contributed by atoms with Crippen LogP contribution in [-0.2, 0) is 4.79 Å². The van der Waals surface area contributed by atoms with E-state index in [4.69, 9.17) is 0 Å². The molecule has 0 bridgehead atoms. The Morgan fingerprint density at radius 3 is 1.60 bits per heavy atom. The zero-order chi connectivity index (χ0) is 8.78. The highest BCUT2D eigenvalue weighted by Gasteiger charge is 2.18. The summed E-state index contributed by atoms with van der Waals surface area (Å²) >= 11 is 3.10. The molecule has 0 atom stereocenters. The molecule has 0 N–H and O–H groups in total. The minimum atomic E-state index is -0.177. The highest BCUT2D eigenvalue weighted by Crippen LogP contribution is 2.14. The minimum Gasteiger partial charge on any atom is -0.298 e. The maximum atomic E-state index is 10.8. The van der Waals surface area contributed by atoms with E-state index in [0.29, 0.717) is 5.33 Å². The largest absolute Gasteiger partial charge is 0.298 e. The van der Waals surface area contributed by atoms with E-state index in [1.54, 1.807) is 0 Å². The SMILES string of the molecule is CC.CC(C)(C)C(=O)CBr. The number of hydrogen-bond donors (Lipinski definition) is 0. The van der Waals surface area contributed by atoms with Crippen molar-refractivity contribution < 1.29 is 4.79 Å². The fourth-order valence-corrected chi connectivity index (χ4v) is 1.04. The van der Waals surface area contributed by atoms with Gasteiger partial charge in [-0.3, -0.25) is 4.79 Å². The lowest BCUT2D eigenvalue weighted by Crippen LogP contribution is -2.20. The third kappa shape index (κ3) is 6.27. The van der Waals surface area contributed by atoms with E-state index in [-0.39, 0.29) is 11.2 Å². The van der Waals surface area contributed by atoms with Crippen molar-refractivity contribution in [1.29, 1.82) is 0 Å². The summed E-state index contributed by atoms with van der Waals surface area (Å²) < 4.78 is 0. The van der Waals surface area contributed by atoms with Crippen LogP contribution in [0.25, 0.3) is 0 Å². The average molecular weight is 209 g/mol. The van der Waals surface area contributed by atoms with Gasteiger partial charge in [-0.2, -0.15) is 0 Å². The predicted octanol–water partition coefficient (Wildman–Crippen LogP) is 3.02. The molecule has 0 fully saturated rings. The van der Waals surface area contributed by atoms with E-state index in [9.17, 15) is 4.79 Å². The fourth-order valence-electron chi connectivity index (χ4n) is 0.200. The first-order valence-electron chi connectivity index (χ1n) is 3.57. The van der Waals surface area contributed by atoms with Crippen molar-refractivity contribution in [1.82, 2.24) is 0 Å². The van der Waals surface area contributed by atoms with E-state index < -0.39 is 0 Å². The number of hydrogen-bond acceptors (Lipinski definition) is 1. The molecule has 0 saturated carbocycles. The summed E-state index contributed by atoms with van der Waals surface area (Å²) in [7, 11) is 0. The summed E-state index contributed by atoms with van der Waals surface area (Å²) in [6, 6.07) is 0. The predicted molar refractivity (Wildman–Crippen MR) is 49.6 cm³/mol. The first-order valence-corrected chi connectivity index (χ1v) is 4.70. The van der Waals surface area contributed by atoms with Gasteiger partial charge in [0.2, 0.25) is 0 Å². The molecule has 0 aliphatic rings. The Hall–Kier alpha value is 0.150. The maximum Gasteiger partial charge on any atom is 0.148 e. The molecule has 62 valence electrons. The number of carbonyl (C=O) groups excluding carboxylic acids is 1. The summed E-state index contributed by atoms with van der Waals surface area (Å²) in [5.41, 5.74) is -0.177. The van der Waals surface area contributed by atoms with Crippen LogP contribution in [0.3, 0.4) is 0 Å². The molecule has 0 amide bonds. The quantitative estimate of drug-likeness (QED) is 0.606. The number of alkyl halides is 1. The van der Waals surface area contributed by atoms with Gasteiger partial charge in [-0.1, -0.05) is 50.5 Å². The van der Waals surface area contributed by atoms with Gasteiger partial charge in [-0.05, 0) is 0 Å². The summed E-state index contributed by atoms with van der Waals surface area (Å²) in [4.78, 5) is 10.8. The van der Waals surface area contributed by atoms with Crippen LogP contribution in [0.2, 0.25) is 0 Å². The normalized spacial score (nSPS) is 9.80. The molecule has 0 rings (SSSR count). The molecule has 0 aliphatic heterocycles. The van der Waals surface area contributed by atoms with Gasteiger partial charge in [0.05, 0.1) is 5.33 Å². The average Bonchev–Trinajstić information content (AvgIpc) is 1.89. The number of rotatable bonds is 1. The maximum absolute atomic E-state index is 10.8. The smallest absolute Gasteiger partial charge is 0.148 e. The molecule has 0 radical (unpaired) electrons. The third-order valence-corrected chi connectivity index (χ3v) is 1.47. The second-order valence-corrected chi connectivity index (χ2v) is 3.37. The van der Waals surface area contributed by atoms with Gasteiger partial charge >= 0.3 is 0 Å². The molecule has 0 saturated heterocycles. The van der Waals surface area contributed by atoms with Crippen LogP contribution in [0.15, 0.2) is 0 Å². The van der Waals surface area contributed by atoms with Crippen LogP contribution in [0.4, 0.5) is 0 Å². The lowest BCUT2D eigenvalue weighted by molar-refractivity contribution is -0.123. The molecule has 0 unspecified atom stereocenters. The van der Waals surface area contributed by atoms with E-state index in [1.807, 2.05) is 34.6 Å². The van der Waals surface area contributed by atoms with Gasteiger partial charge in [-0.15, -0.1) is 0 Å². The number of halogens is 1. The first-order chi connectivity index (χ1) is 4.48. The molecule has 0 heterocycles. The van der Waals surface area contributed by atoms with Crippen LogP contribution in [0.1, 0.15) is 34.6 Å². The Labute approximate surface area is 72.3 Å². The van der Waals surface area contributed by atoms with Crippen LogP contribution in [-0.4, -0.2) is 11.1 Å². The molecule has 0 aromatic rings. The number of carbonyl (C=O) groups is 1. The molecule has 2 heteroatoms. The van der Waals surface area contributed by atoms with Crippen molar-refractivity contribution in [3.8, 4) is 0 Å². The molecule has 0 spiro atoms. The van der Waals surface area contributed by atoms with Gasteiger partial charge in [0.15, 0.2) is 0 Å². The topological polar surface area (TPSA) is 17.1 Å². The summed E-state index contributed by atoms with van der Waals surface area (Å²) in [6.45, 7) is 9.74. The number of ketones is 1. The summed E-state index contributed by atoms with van der Waals surface area (Å²) in [6.07, 6.45) is 0. The highest BCUT2D eigenvalue weighted by atomic mass is 79.9. The van der Waals surface area contributed by atoms with Crippen molar-refractivity contribution in [3.63, 3.8) is 0 Å². The van der Waals surface area contributed by atoms with Crippen molar-refractivity contribution in [3.05, 3.63) is 0 Å². The Kier molecular flexibility index (Phi) is 7.55. The van der Waals surface area contributed by atoms with Crippen LogP contribution < -0.4 is 0 Å². The van der Waals surface area contributed by atoms with Crippen molar-refractivity contribution in [2.45, 2.75) is 34.6 Å². The van der Waals surface area contributed by atoms with E-state index >= 15 is 0 Å². The van der Waals surface area contributed by atoms with E-state index in [0.717, 1.165) is 0 Å². The Bertz CT molecular complexity index is 91.9. The van der Waals surface area contributed by atoms with Crippen molar-refractivity contribution in [2.75, 3.05) is 5.33 Å². The van der Waals surface area contributed by atoms with Gasteiger partial charge < -0.3 is 0 Å². The van der Waals surface area contributed by atoms with Crippen LogP contribution >= 0.6 is 15.9 Å². The van der Waals surface area contributed by atoms with E-state index in [1.165, 1.54) is 0 Å². The minimum absolute atomic E-state index is 0.177. The second-order valence-electron chi connectivity index (χ2n) is 2.81. The summed E-state index contributed by atoms with van der Waals surface area (Å²) in [5, 5.41) is 0.469. The van der Waals surface area contributed by atoms with Gasteiger partial charge in [0.1, 0.15) is 5.78 Å². The van der Waals surface area contributed by atoms with Gasteiger partial charge in [0.25, 0.3) is 0 Å². The zero-order valence-electron chi connectivity index (χ0n) is 7.49. The van der Waals surface area contributed by atoms with Crippen LogP contribution in [0.5, 0.6) is 0 Å². The number of Topliss-reactive ketones (excluding diaryl/α,β-unsaturated/α-hetero) is 1. The van der Waals surface area contributed by atoms with Crippen molar-refractivity contribution in [2.24, 2.45) is 5.41 Å². The van der Waals surface area contributed by atoms with Gasteiger partial charge in [-0.25, -0.2) is 0 Å². The monoisotopic (exact) mass is 208 g/mol. The second kappa shape index (κ2) is 5.90. The molecule has 0 aliphatic carbocycles. The molecule has 0 aromatic heterocycles. The molecular formula is C8H17BrO. The summed E-state index contributed by atoms with van der Waals surface area (Å²) in [5.74, 6) is 0.248. The van der Waals surface area contributed by atoms with E-state index in [2.05, 4.69) is 15.9 Å². The standard InChI is InChI=1S/C6H11BrO.C2H6/c1-6(2,3)5(8)4-7;1-2/h4H2,1-3H3;1-2H3. The molecular weight excluding hydrogens is 192 g/mol. The molecule has 10 heavy (non-hydrogen) atoms. The third-order valence-electron chi connectivity index (χ3n) is 0.958. The zero-order valence-corrected chi connectivity index (χ0v) is 9.08. The molecule has 1 nitrogen and oxygen atoms in total. The molecule has 0 aromatic carbocycles. The van der Waals surface area contributed by atoms with Crippen LogP contribution in [0, 0.1) is 5.41 Å². The fraction of sp³-hybridized carbons (Fsp3) is 0.875.